The van der Waals surface area contributed by atoms with Crippen LogP contribution in [0.3, 0.4) is 0 Å². The summed E-state index contributed by atoms with van der Waals surface area (Å²) in [5.74, 6) is -0.236. The van der Waals surface area contributed by atoms with E-state index in [1.807, 2.05) is 60.4 Å². The first kappa shape index (κ1) is 18.9. The van der Waals surface area contributed by atoms with Crippen LogP contribution in [0.1, 0.15) is 6.92 Å². The van der Waals surface area contributed by atoms with Crippen molar-refractivity contribution in [2.75, 3.05) is 20.2 Å². The second-order valence-corrected chi connectivity index (χ2v) is 4.25. The van der Waals surface area contributed by atoms with E-state index in [4.69, 9.17) is 4.74 Å². The Kier molecular flexibility index (Phi) is 11.6. The first-order valence-corrected chi connectivity index (χ1v) is 6.87. The molecule has 114 valence electrons. The van der Waals surface area contributed by atoms with Gasteiger partial charge in [-0.3, -0.25) is 9.69 Å². The van der Waals surface area contributed by atoms with E-state index in [2.05, 4.69) is 13.2 Å². The number of ether oxygens (including phenoxy) is 1. The van der Waals surface area contributed by atoms with Crippen LogP contribution in [0.15, 0.2) is 73.9 Å². The molecule has 0 bridgehead atoms. The highest BCUT2D eigenvalue weighted by atomic mass is 16.5. The van der Waals surface area contributed by atoms with Gasteiger partial charge in [0.25, 0.3) is 0 Å². The largest absolute Gasteiger partial charge is 0.468 e. The van der Waals surface area contributed by atoms with E-state index in [-0.39, 0.29) is 12.0 Å². The van der Waals surface area contributed by atoms with Gasteiger partial charge >= 0.3 is 5.97 Å². The van der Waals surface area contributed by atoms with Crippen LogP contribution in [0.5, 0.6) is 0 Å². The molecule has 21 heavy (non-hydrogen) atoms. The molecular weight excluding hydrogens is 262 g/mol. The molecule has 0 spiro atoms. The minimum atomic E-state index is -0.295. The predicted molar refractivity (Wildman–Crippen MR) is 90.0 cm³/mol. The van der Waals surface area contributed by atoms with Crippen LogP contribution < -0.4 is 0 Å². The summed E-state index contributed by atoms with van der Waals surface area (Å²) in [6.07, 6.45) is 18.8. The first-order chi connectivity index (χ1) is 10.2. The third-order valence-electron chi connectivity index (χ3n) is 2.76. The molecule has 0 aliphatic rings. The number of carbonyl (C=O) groups excluding carboxylic acids is 1. The van der Waals surface area contributed by atoms with Gasteiger partial charge in [0.15, 0.2) is 0 Å². The fraction of sp³-hybridized carbons (Fsp3) is 0.278. The quantitative estimate of drug-likeness (QED) is 0.455. The second kappa shape index (κ2) is 12.9. The third kappa shape index (κ3) is 9.41. The molecule has 0 fully saturated rings. The van der Waals surface area contributed by atoms with Crippen molar-refractivity contribution in [3.8, 4) is 0 Å². The summed E-state index contributed by atoms with van der Waals surface area (Å²) in [6.45, 7) is 10.4. The van der Waals surface area contributed by atoms with Crippen molar-refractivity contribution < 1.29 is 9.53 Å². The van der Waals surface area contributed by atoms with Gasteiger partial charge in [0, 0.05) is 13.1 Å². The molecule has 3 nitrogen and oxygen atoms in total. The van der Waals surface area contributed by atoms with E-state index >= 15 is 0 Å². The van der Waals surface area contributed by atoms with Gasteiger partial charge in [-0.1, -0.05) is 73.9 Å². The maximum atomic E-state index is 11.7. The van der Waals surface area contributed by atoms with Crippen LogP contribution >= 0.6 is 0 Å². The molecule has 0 aliphatic carbocycles. The van der Waals surface area contributed by atoms with E-state index < -0.39 is 0 Å². The van der Waals surface area contributed by atoms with Gasteiger partial charge in [-0.15, -0.1) is 0 Å². The summed E-state index contributed by atoms with van der Waals surface area (Å²) in [6, 6.07) is -0.295. The molecule has 0 aromatic rings. The fourth-order valence-electron chi connectivity index (χ4n) is 1.55. The zero-order valence-corrected chi connectivity index (χ0v) is 12.9. The number of allylic oxidation sites excluding steroid dienone is 8. The fourth-order valence-corrected chi connectivity index (χ4v) is 1.55. The van der Waals surface area contributed by atoms with Crippen molar-refractivity contribution in [2.45, 2.75) is 13.0 Å². The molecule has 0 saturated heterocycles. The van der Waals surface area contributed by atoms with Gasteiger partial charge in [-0.05, 0) is 6.92 Å². The van der Waals surface area contributed by atoms with Gasteiger partial charge in [0.2, 0.25) is 0 Å². The maximum absolute atomic E-state index is 11.7. The molecule has 0 saturated carbocycles. The van der Waals surface area contributed by atoms with Crippen molar-refractivity contribution in [3.05, 3.63) is 73.9 Å². The van der Waals surface area contributed by atoms with Gasteiger partial charge in [-0.2, -0.15) is 0 Å². The highest BCUT2D eigenvalue weighted by Gasteiger charge is 2.19. The minimum Gasteiger partial charge on any atom is -0.468 e. The molecule has 1 unspecified atom stereocenters. The van der Waals surface area contributed by atoms with E-state index in [1.165, 1.54) is 7.11 Å². The lowest BCUT2D eigenvalue weighted by Crippen LogP contribution is -2.39. The maximum Gasteiger partial charge on any atom is 0.322 e. The lowest BCUT2D eigenvalue weighted by molar-refractivity contribution is -0.145. The molecule has 0 N–H and O–H groups in total. The Morgan fingerprint density at radius 1 is 1.00 bits per heavy atom. The van der Waals surface area contributed by atoms with E-state index in [1.54, 1.807) is 12.2 Å². The highest BCUT2D eigenvalue weighted by molar-refractivity contribution is 5.75. The Bertz CT molecular complexity index is 400. The number of nitrogens with zero attached hydrogens (tertiary/aromatic N) is 1. The van der Waals surface area contributed by atoms with Crippen molar-refractivity contribution in [3.63, 3.8) is 0 Å². The smallest absolute Gasteiger partial charge is 0.322 e. The zero-order chi connectivity index (χ0) is 15.9. The van der Waals surface area contributed by atoms with E-state index in [0.29, 0.717) is 13.1 Å². The first-order valence-electron chi connectivity index (χ1n) is 6.87. The molecule has 0 aromatic carbocycles. The predicted octanol–water partition coefficient (Wildman–Crippen LogP) is 3.45. The van der Waals surface area contributed by atoms with Crippen LogP contribution in [0.25, 0.3) is 0 Å². The Morgan fingerprint density at radius 3 is 1.86 bits per heavy atom. The Hall–Kier alpha value is -2.13. The molecule has 0 radical (unpaired) electrons. The van der Waals surface area contributed by atoms with Gasteiger partial charge in [0.05, 0.1) is 7.11 Å². The van der Waals surface area contributed by atoms with Crippen LogP contribution in [0.2, 0.25) is 0 Å². The number of methoxy groups -OCH3 is 1. The molecule has 0 amide bonds. The topological polar surface area (TPSA) is 29.5 Å². The highest BCUT2D eigenvalue weighted by Crippen LogP contribution is 2.02. The zero-order valence-electron chi connectivity index (χ0n) is 12.9. The van der Waals surface area contributed by atoms with Crippen molar-refractivity contribution in [1.29, 1.82) is 0 Å². The Morgan fingerprint density at radius 2 is 1.48 bits per heavy atom. The van der Waals surface area contributed by atoms with Crippen molar-refractivity contribution >= 4 is 5.97 Å². The SMILES string of the molecule is C=CC=C/C=C/CN(C/C=C/C=CC=C)C(C)C(=O)OC. The van der Waals surface area contributed by atoms with Crippen molar-refractivity contribution in [2.24, 2.45) is 0 Å². The van der Waals surface area contributed by atoms with Crippen LogP contribution in [-0.2, 0) is 9.53 Å². The van der Waals surface area contributed by atoms with Crippen molar-refractivity contribution in [1.82, 2.24) is 4.90 Å². The minimum absolute atomic E-state index is 0.236. The number of carbonyl (C=O) groups is 1. The summed E-state index contributed by atoms with van der Waals surface area (Å²) in [5, 5.41) is 0. The number of hydrogen-bond donors (Lipinski definition) is 0. The molecule has 0 rings (SSSR count). The summed E-state index contributed by atoms with van der Waals surface area (Å²) in [4.78, 5) is 13.7. The molecule has 3 heteroatoms. The summed E-state index contributed by atoms with van der Waals surface area (Å²) in [7, 11) is 1.41. The summed E-state index contributed by atoms with van der Waals surface area (Å²) >= 11 is 0. The number of hydrogen-bond acceptors (Lipinski definition) is 3. The van der Waals surface area contributed by atoms with Crippen LogP contribution in [-0.4, -0.2) is 37.1 Å². The van der Waals surface area contributed by atoms with Gasteiger partial charge in [0.1, 0.15) is 6.04 Å². The molecule has 1 atom stereocenters. The average Bonchev–Trinajstić information content (AvgIpc) is 2.51. The molecule has 0 heterocycles. The Balaban J connectivity index is 4.64. The lowest BCUT2D eigenvalue weighted by Gasteiger charge is -2.24. The van der Waals surface area contributed by atoms with Crippen LogP contribution in [0.4, 0.5) is 0 Å². The van der Waals surface area contributed by atoms with Crippen LogP contribution in [0, 0.1) is 0 Å². The number of rotatable bonds is 10. The molecular formula is C18H25NO2. The third-order valence-corrected chi connectivity index (χ3v) is 2.76. The van der Waals surface area contributed by atoms with Gasteiger partial charge in [-0.25, -0.2) is 0 Å². The molecule has 0 aliphatic heterocycles. The Labute approximate surface area is 128 Å². The summed E-state index contributed by atoms with van der Waals surface area (Å²) < 4.78 is 4.80. The molecule has 0 aromatic heterocycles. The average molecular weight is 287 g/mol. The normalized spacial score (nSPS) is 13.7. The monoisotopic (exact) mass is 287 g/mol. The standard InChI is InChI=1S/C18H25NO2/c1-5-7-9-11-13-15-19(17(3)18(20)21-4)16-14-12-10-8-6-2/h5-14,17H,1-2,15-16H2,3-4H3/b9-7?,10-8?,13-11+,14-12+. The number of esters is 1. The summed E-state index contributed by atoms with van der Waals surface area (Å²) in [5.41, 5.74) is 0. The van der Waals surface area contributed by atoms with E-state index in [9.17, 15) is 4.79 Å². The van der Waals surface area contributed by atoms with E-state index in [0.717, 1.165) is 0 Å². The second-order valence-electron chi connectivity index (χ2n) is 4.25. The van der Waals surface area contributed by atoms with Gasteiger partial charge < -0.3 is 4.74 Å². The lowest BCUT2D eigenvalue weighted by atomic mass is 10.2.